The molecule has 3 nitrogen and oxygen atoms in total. The Hall–Kier alpha value is -2.33. The van der Waals surface area contributed by atoms with Crippen molar-refractivity contribution in [3.63, 3.8) is 0 Å². The molecule has 0 aliphatic heterocycles. The van der Waals surface area contributed by atoms with Gasteiger partial charge in [-0.2, -0.15) is 0 Å². The molecule has 0 saturated carbocycles. The summed E-state index contributed by atoms with van der Waals surface area (Å²) in [5.74, 6) is -0.316. The van der Waals surface area contributed by atoms with Gasteiger partial charge in [0.1, 0.15) is 12.4 Å². The third-order valence-electron chi connectivity index (χ3n) is 3.46. The van der Waals surface area contributed by atoms with Crippen molar-refractivity contribution in [1.82, 2.24) is 0 Å². The van der Waals surface area contributed by atoms with E-state index in [1.54, 1.807) is 36.5 Å². The minimum Gasteiger partial charge on any atom is -0.489 e. The molecule has 0 spiro atoms. The number of hydrogen-bond acceptors (Lipinski definition) is 3. The van der Waals surface area contributed by atoms with Gasteiger partial charge in [-0.1, -0.05) is 24.3 Å². The summed E-state index contributed by atoms with van der Waals surface area (Å²) in [6, 6.07) is 13.3. The lowest BCUT2D eigenvalue weighted by Crippen LogP contribution is -2.03. The fraction of sp³-hybridized carbons (Fsp3) is 0.118. The van der Waals surface area contributed by atoms with Gasteiger partial charge in [0.2, 0.25) is 0 Å². The van der Waals surface area contributed by atoms with Crippen molar-refractivity contribution in [3.8, 4) is 5.75 Å². The van der Waals surface area contributed by atoms with Crippen LogP contribution in [0.15, 0.2) is 47.8 Å². The number of benzene rings is 2. The molecule has 0 bridgehead atoms. The van der Waals surface area contributed by atoms with E-state index in [1.807, 2.05) is 12.1 Å². The maximum atomic E-state index is 11.1. The largest absolute Gasteiger partial charge is 0.489 e. The second kappa shape index (κ2) is 5.58. The second-order valence-electron chi connectivity index (χ2n) is 4.78. The summed E-state index contributed by atoms with van der Waals surface area (Å²) in [6.45, 7) is 2.21. The Bertz CT molecular complexity index is 805. The molecular formula is C17H14O3S. The number of thiophene rings is 1. The number of fused-ring (bicyclic) bond motifs is 1. The molecule has 0 unspecified atom stereocenters. The number of carboxylic acids is 1. The first-order chi connectivity index (χ1) is 10.2. The molecule has 2 aromatic carbocycles. The molecule has 0 saturated heterocycles. The van der Waals surface area contributed by atoms with Crippen LogP contribution in [0.5, 0.6) is 5.75 Å². The molecule has 0 atom stereocenters. The van der Waals surface area contributed by atoms with Crippen LogP contribution in [-0.2, 0) is 6.61 Å². The Labute approximate surface area is 126 Å². The van der Waals surface area contributed by atoms with Crippen LogP contribution in [0.2, 0.25) is 0 Å². The summed E-state index contributed by atoms with van der Waals surface area (Å²) in [5, 5.41) is 12.4. The fourth-order valence-electron chi connectivity index (χ4n) is 2.30. The average molecular weight is 298 g/mol. The summed E-state index contributed by atoms with van der Waals surface area (Å²) in [4.78, 5) is 11.1. The molecular weight excluding hydrogens is 284 g/mol. The van der Waals surface area contributed by atoms with Crippen molar-refractivity contribution in [2.24, 2.45) is 0 Å². The van der Waals surface area contributed by atoms with Crippen molar-refractivity contribution in [3.05, 3.63) is 64.5 Å². The number of hydrogen-bond donors (Lipinski definition) is 1. The van der Waals surface area contributed by atoms with Crippen molar-refractivity contribution >= 4 is 27.4 Å². The van der Waals surface area contributed by atoms with Crippen LogP contribution in [0.3, 0.4) is 0 Å². The number of aromatic carboxylic acids is 1. The predicted molar refractivity (Wildman–Crippen MR) is 84.3 cm³/mol. The second-order valence-corrected chi connectivity index (χ2v) is 5.69. The van der Waals surface area contributed by atoms with Crippen LogP contribution in [0, 0.1) is 6.92 Å². The number of rotatable bonds is 4. The van der Waals surface area contributed by atoms with Crippen LogP contribution >= 0.6 is 11.3 Å². The third-order valence-corrected chi connectivity index (χ3v) is 4.47. The van der Waals surface area contributed by atoms with E-state index >= 15 is 0 Å². The highest BCUT2D eigenvalue weighted by Gasteiger charge is 2.11. The zero-order valence-corrected chi connectivity index (χ0v) is 12.3. The van der Waals surface area contributed by atoms with Crippen molar-refractivity contribution in [2.45, 2.75) is 13.5 Å². The van der Waals surface area contributed by atoms with Crippen molar-refractivity contribution in [1.29, 1.82) is 0 Å². The monoisotopic (exact) mass is 298 g/mol. The van der Waals surface area contributed by atoms with Gasteiger partial charge in [-0.15, -0.1) is 11.3 Å². The average Bonchev–Trinajstić information content (AvgIpc) is 2.89. The topological polar surface area (TPSA) is 46.5 Å². The Morgan fingerprint density at radius 2 is 2.00 bits per heavy atom. The summed E-state index contributed by atoms with van der Waals surface area (Å²) in [5.41, 5.74) is 2.06. The van der Waals surface area contributed by atoms with Gasteiger partial charge in [0.15, 0.2) is 0 Å². The zero-order valence-electron chi connectivity index (χ0n) is 11.5. The van der Waals surface area contributed by atoms with E-state index in [4.69, 9.17) is 9.84 Å². The van der Waals surface area contributed by atoms with Crippen LogP contribution in [0.25, 0.3) is 10.1 Å². The van der Waals surface area contributed by atoms with Crippen LogP contribution in [0.4, 0.5) is 0 Å². The molecule has 0 fully saturated rings. The first-order valence-electron chi connectivity index (χ1n) is 6.57. The first kappa shape index (κ1) is 13.6. The maximum Gasteiger partial charge on any atom is 0.336 e. The van der Waals surface area contributed by atoms with Gasteiger partial charge in [-0.3, -0.25) is 0 Å². The smallest absolute Gasteiger partial charge is 0.336 e. The first-order valence-corrected chi connectivity index (χ1v) is 7.45. The molecule has 0 amide bonds. The Morgan fingerprint density at radius 3 is 2.81 bits per heavy atom. The zero-order chi connectivity index (χ0) is 14.8. The maximum absolute atomic E-state index is 11.1. The predicted octanol–water partition coefficient (Wildman–Crippen LogP) is 4.49. The highest BCUT2D eigenvalue weighted by Crippen LogP contribution is 2.28. The third kappa shape index (κ3) is 2.62. The number of ether oxygens (including phenoxy) is 1. The van der Waals surface area contributed by atoms with E-state index < -0.39 is 5.97 Å². The highest BCUT2D eigenvalue weighted by atomic mass is 32.1. The summed E-state index contributed by atoms with van der Waals surface area (Å²) >= 11 is 1.69. The molecule has 0 radical (unpaired) electrons. The lowest BCUT2D eigenvalue weighted by atomic mass is 10.1. The highest BCUT2D eigenvalue weighted by molar-refractivity contribution is 7.17. The number of carboxylic acid groups (broad SMARTS) is 1. The fourth-order valence-corrected chi connectivity index (χ4v) is 3.25. The lowest BCUT2D eigenvalue weighted by molar-refractivity contribution is 0.0695. The molecule has 1 N–H and O–H groups in total. The summed E-state index contributed by atoms with van der Waals surface area (Å²) < 4.78 is 7.05. The molecule has 106 valence electrons. The molecule has 21 heavy (non-hydrogen) atoms. The van der Waals surface area contributed by atoms with Gasteiger partial charge in [0, 0.05) is 15.8 Å². The summed E-state index contributed by atoms with van der Waals surface area (Å²) in [6.07, 6.45) is 0. The molecule has 1 aromatic heterocycles. The van der Waals surface area contributed by atoms with Crippen molar-refractivity contribution in [2.75, 3.05) is 0 Å². The summed E-state index contributed by atoms with van der Waals surface area (Å²) in [7, 11) is 0. The van der Waals surface area contributed by atoms with E-state index in [2.05, 4.69) is 17.5 Å². The molecule has 0 aliphatic rings. The normalized spacial score (nSPS) is 10.7. The van der Waals surface area contributed by atoms with Gasteiger partial charge >= 0.3 is 5.97 Å². The van der Waals surface area contributed by atoms with Gasteiger partial charge in [-0.25, -0.2) is 4.79 Å². The molecule has 0 aliphatic carbocycles. The van der Waals surface area contributed by atoms with E-state index in [1.165, 1.54) is 10.1 Å². The van der Waals surface area contributed by atoms with Crippen LogP contribution in [0.1, 0.15) is 21.5 Å². The molecule has 3 aromatic rings. The lowest BCUT2D eigenvalue weighted by Gasteiger charge is -2.10. The standard InChI is InChI=1S/C17H14O3S/c1-11-13(17(18)19)6-4-7-15(11)20-9-12-10-21-16-8-3-2-5-14(12)16/h2-8,10H,9H2,1H3,(H,18,19). The minimum atomic E-state index is -0.932. The molecule has 1 heterocycles. The van der Waals surface area contributed by atoms with Gasteiger partial charge in [0.05, 0.1) is 5.56 Å². The van der Waals surface area contributed by atoms with Crippen molar-refractivity contribution < 1.29 is 14.6 Å². The van der Waals surface area contributed by atoms with E-state index in [-0.39, 0.29) is 5.56 Å². The van der Waals surface area contributed by atoms with E-state index in [9.17, 15) is 4.79 Å². The molecule has 3 rings (SSSR count). The van der Waals surface area contributed by atoms with E-state index in [0.29, 0.717) is 17.9 Å². The number of carbonyl (C=O) groups is 1. The van der Waals surface area contributed by atoms with Crippen LogP contribution < -0.4 is 4.74 Å². The Kier molecular flexibility index (Phi) is 3.62. The Balaban J connectivity index is 1.85. The SMILES string of the molecule is Cc1c(OCc2csc3ccccc23)cccc1C(=O)O. The molecule has 4 heteroatoms. The quantitative estimate of drug-likeness (QED) is 0.772. The minimum absolute atomic E-state index is 0.280. The van der Waals surface area contributed by atoms with Gasteiger partial charge < -0.3 is 9.84 Å². The van der Waals surface area contributed by atoms with Gasteiger partial charge in [-0.05, 0) is 35.9 Å². The van der Waals surface area contributed by atoms with Crippen LogP contribution in [-0.4, -0.2) is 11.1 Å². The van der Waals surface area contributed by atoms with Gasteiger partial charge in [0.25, 0.3) is 0 Å². The Morgan fingerprint density at radius 1 is 1.19 bits per heavy atom. The van der Waals surface area contributed by atoms with E-state index in [0.717, 1.165) is 5.56 Å².